The van der Waals surface area contributed by atoms with Gasteiger partial charge in [-0.25, -0.2) is 0 Å². The van der Waals surface area contributed by atoms with Gasteiger partial charge in [0, 0.05) is 13.0 Å². The van der Waals surface area contributed by atoms with E-state index >= 15 is 0 Å². The van der Waals surface area contributed by atoms with E-state index in [1.54, 1.807) is 0 Å². The highest BCUT2D eigenvalue weighted by atomic mass is 16.2. The molecule has 1 heterocycles. The number of rotatable bonds is 2. The highest BCUT2D eigenvalue weighted by Gasteiger charge is 2.14. The van der Waals surface area contributed by atoms with Crippen molar-refractivity contribution in [3.63, 3.8) is 0 Å². The first-order valence-corrected chi connectivity index (χ1v) is 3.85. The second-order valence-corrected chi connectivity index (χ2v) is 2.60. The number of carbonyl (C=O) groups is 2. The lowest BCUT2D eigenvalue weighted by Crippen LogP contribution is -2.41. The summed E-state index contributed by atoms with van der Waals surface area (Å²) >= 11 is 0. The van der Waals surface area contributed by atoms with E-state index in [9.17, 15) is 9.59 Å². The Hall–Kier alpha value is -1.06. The zero-order valence-corrected chi connectivity index (χ0v) is 6.38. The Bertz CT molecular complexity index is 159. The van der Waals surface area contributed by atoms with Crippen LogP contribution < -0.4 is 5.43 Å². The summed E-state index contributed by atoms with van der Waals surface area (Å²) in [6.07, 6.45) is 4.09. The van der Waals surface area contributed by atoms with E-state index in [1.165, 1.54) is 5.01 Å². The Morgan fingerprint density at radius 3 is 2.91 bits per heavy atom. The molecule has 0 aromatic carbocycles. The van der Waals surface area contributed by atoms with Crippen LogP contribution in [0, 0.1) is 0 Å². The maximum absolute atomic E-state index is 11.1. The molecule has 0 atom stereocenters. The second-order valence-electron chi connectivity index (χ2n) is 2.60. The first kappa shape index (κ1) is 8.04. The Balaban J connectivity index is 2.45. The fourth-order valence-electron chi connectivity index (χ4n) is 1.18. The lowest BCUT2D eigenvalue weighted by atomic mass is 10.2. The average molecular weight is 156 g/mol. The summed E-state index contributed by atoms with van der Waals surface area (Å²) in [5.41, 5.74) is 2.38. The number of nitrogens with zero attached hydrogens (tertiary/aromatic N) is 1. The van der Waals surface area contributed by atoms with Gasteiger partial charge in [0.15, 0.2) is 0 Å². The van der Waals surface area contributed by atoms with Crippen LogP contribution in [0.25, 0.3) is 0 Å². The molecular formula is C7H12N2O2. The number of nitrogens with one attached hydrogen (secondary N) is 1. The third-order valence-electron chi connectivity index (χ3n) is 1.78. The van der Waals surface area contributed by atoms with Crippen LogP contribution in [0.2, 0.25) is 0 Å². The number of amides is 2. The molecule has 62 valence electrons. The minimum absolute atomic E-state index is 0.0228. The molecule has 11 heavy (non-hydrogen) atoms. The molecule has 0 unspecified atom stereocenters. The fourth-order valence-corrected chi connectivity index (χ4v) is 1.18. The van der Waals surface area contributed by atoms with Gasteiger partial charge in [-0.05, 0) is 12.8 Å². The third kappa shape index (κ3) is 2.22. The predicted molar refractivity (Wildman–Crippen MR) is 39.4 cm³/mol. The number of carbonyl (C=O) groups excluding carboxylic acids is 2. The van der Waals surface area contributed by atoms with Crippen LogP contribution in [0.15, 0.2) is 0 Å². The van der Waals surface area contributed by atoms with Gasteiger partial charge >= 0.3 is 0 Å². The molecule has 1 saturated heterocycles. The fraction of sp³-hybridized carbons (Fsp3) is 0.714. The molecule has 1 N–H and O–H groups in total. The van der Waals surface area contributed by atoms with Crippen LogP contribution in [0.4, 0.5) is 0 Å². The topological polar surface area (TPSA) is 49.4 Å². The molecule has 0 radical (unpaired) electrons. The lowest BCUT2D eigenvalue weighted by Gasteiger charge is -2.17. The first-order chi connectivity index (χ1) is 5.34. The molecule has 0 saturated carbocycles. The van der Waals surface area contributed by atoms with Gasteiger partial charge < -0.3 is 0 Å². The van der Waals surface area contributed by atoms with Gasteiger partial charge in [0.25, 0.3) is 0 Å². The molecular weight excluding hydrogens is 144 g/mol. The molecule has 1 fully saturated rings. The standard InChI is InChI=1S/C7H12N2O2/c10-6-8-9-5-3-1-2-4-7(9)11/h6H,1-5H2,(H,8,10). The molecule has 4 heteroatoms. The molecule has 0 spiro atoms. The minimum Gasteiger partial charge on any atom is -0.277 e. The van der Waals surface area contributed by atoms with Gasteiger partial charge in [0.1, 0.15) is 0 Å². The van der Waals surface area contributed by atoms with Crippen LogP contribution in [0.3, 0.4) is 0 Å². The lowest BCUT2D eigenvalue weighted by molar-refractivity contribution is -0.137. The summed E-state index contributed by atoms with van der Waals surface area (Å²) in [5.74, 6) is 0.0228. The molecule has 0 bridgehead atoms. The Morgan fingerprint density at radius 2 is 2.18 bits per heavy atom. The van der Waals surface area contributed by atoms with Crippen molar-refractivity contribution in [1.29, 1.82) is 0 Å². The van der Waals surface area contributed by atoms with E-state index in [-0.39, 0.29) is 5.91 Å². The minimum atomic E-state index is 0.0228. The van der Waals surface area contributed by atoms with Crippen molar-refractivity contribution in [3.05, 3.63) is 0 Å². The predicted octanol–water partition coefficient (Wildman–Crippen LogP) is 0.0500. The quantitative estimate of drug-likeness (QED) is 0.574. The van der Waals surface area contributed by atoms with Crippen molar-refractivity contribution in [2.75, 3.05) is 6.54 Å². The van der Waals surface area contributed by atoms with Gasteiger partial charge in [0.2, 0.25) is 12.3 Å². The largest absolute Gasteiger partial charge is 0.277 e. The SMILES string of the molecule is O=CNN1CCCCCC1=O. The van der Waals surface area contributed by atoms with E-state index in [2.05, 4.69) is 5.43 Å². The number of hydrazine groups is 1. The van der Waals surface area contributed by atoms with Crippen LogP contribution in [0.1, 0.15) is 25.7 Å². The van der Waals surface area contributed by atoms with Crippen LogP contribution in [-0.2, 0) is 9.59 Å². The maximum atomic E-state index is 11.1. The van der Waals surface area contributed by atoms with Crippen LogP contribution >= 0.6 is 0 Å². The van der Waals surface area contributed by atoms with Crippen LogP contribution in [-0.4, -0.2) is 23.9 Å². The van der Waals surface area contributed by atoms with Crippen LogP contribution in [0.5, 0.6) is 0 Å². The number of hydrogen-bond donors (Lipinski definition) is 1. The van der Waals surface area contributed by atoms with Gasteiger partial charge in [-0.3, -0.25) is 20.0 Å². The molecule has 1 aliphatic heterocycles. The van der Waals surface area contributed by atoms with Crippen molar-refractivity contribution < 1.29 is 9.59 Å². The van der Waals surface area contributed by atoms with E-state index in [1.807, 2.05) is 0 Å². The molecule has 0 aromatic rings. The van der Waals surface area contributed by atoms with Crippen molar-refractivity contribution >= 4 is 12.3 Å². The highest BCUT2D eigenvalue weighted by molar-refractivity contribution is 5.77. The summed E-state index contributed by atoms with van der Waals surface area (Å²) in [4.78, 5) is 21.1. The third-order valence-corrected chi connectivity index (χ3v) is 1.78. The molecule has 0 aliphatic carbocycles. The highest BCUT2D eigenvalue weighted by Crippen LogP contribution is 2.08. The van der Waals surface area contributed by atoms with Gasteiger partial charge in [-0.15, -0.1) is 0 Å². The smallest absolute Gasteiger partial charge is 0.240 e. The van der Waals surface area contributed by atoms with Gasteiger partial charge in [-0.1, -0.05) is 6.42 Å². The van der Waals surface area contributed by atoms with E-state index < -0.39 is 0 Å². The zero-order valence-electron chi connectivity index (χ0n) is 6.38. The average Bonchev–Trinajstić information content (AvgIpc) is 2.18. The monoisotopic (exact) mass is 156 g/mol. The first-order valence-electron chi connectivity index (χ1n) is 3.85. The molecule has 4 nitrogen and oxygen atoms in total. The summed E-state index contributed by atoms with van der Waals surface area (Å²) in [5, 5.41) is 1.39. The van der Waals surface area contributed by atoms with Crippen molar-refractivity contribution in [1.82, 2.24) is 10.4 Å². The van der Waals surface area contributed by atoms with E-state index in [4.69, 9.17) is 0 Å². The molecule has 1 aliphatic rings. The summed E-state index contributed by atoms with van der Waals surface area (Å²) in [7, 11) is 0. The van der Waals surface area contributed by atoms with Crippen molar-refractivity contribution in [2.24, 2.45) is 0 Å². The summed E-state index contributed by atoms with van der Waals surface area (Å²) < 4.78 is 0. The molecule has 2 amide bonds. The maximum Gasteiger partial charge on any atom is 0.240 e. The van der Waals surface area contributed by atoms with Crippen molar-refractivity contribution in [3.8, 4) is 0 Å². The Labute approximate surface area is 65.5 Å². The van der Waals surface area contributed by atoms with Gasteiger partial charge in [0.05, 0.1) is 0 Å². The van der Waals surface area contributed by atoms with Gasteiger partial charge in [-0.2, -0.15) is 0 Å². The van der Waals surface area contributed by atoms with E-state index in [0.29, 0.717) is 19.4 Å². The Morgan fingerprint density at radius 1 is 1.36 bits per heavy atom. The summed E-state index contributed by atoms with van der Waals surface area (Å²) in [6.45, 7) is 0.650. The van der Waals surface area contributed by atoms with Crippen molar-refractivity contribution in [2.45, 2.75) is 25.7 Å². The Kier molecular flexibility index (Phi) is 2.89. The number of hydrogen-bond acceptors (Lipinski definition) is 2. The molecule has 1 rings (SSSR count). The normalized spacial score (nSPS) is 19.3. The van der Waals surface area contributed by atoms with E-state index in [0.717, 1.165) is 19.3 Å². The summed E-state index contributed by atoms with van der Waals surface area (Å²) in [6, 6.07) is 0. The molecule has 0 aromatic heterocycles. The second kappa shape index (κ2) is 3.95. The zero-order chi connectivity index (χ0) is 8.10.